The van der Waals surface area contributed by atoms with Crippen molar-refractivity contribution in [2.45, 2.75) is 51.2 Å². The summed E-state index contributed by atoms with van der Waals surface area (Å²) in [6.45, 7) is 6.68. The Morgan fingerprint density at radius 2 is 2.18 bits per heavy atom. The molecule has 2 saturated heterocycles. The van der Waals surface area contributed by atoms with Gasteiger partial charge in [0.05, 0.1) is 18.8 Å². The van der Waals surface area contributed by atoms with Gasteiger partial charge in [0.15, 0.2) is 5.96 Å². The second-order valence-corrected chi connectivity index (χ2v) is 5.99. The van der Waals surface area contributed by atoms with Gasteiger partial charge in [-0.15, -0.1) is 0 Å². The summed E-state index contributed by atoms with van der Waals surface area (Å²) >= 11 is 0. The van der Waals surface area contributed by atoms with Crippen molar-refractivity contribution >= 4 is 5.96 Å². The zero-order valence-electron chi connectivity index (χ0n) is 14.1. The summed E-state index contributed by atoms with van der Waals surface area (Å²) in [5, 5.41) is 3.43. The van der Waals surface area contributed by atoms with Gasteiger partial charge >= 0.3 is 0 Å². The Kier molecular flexibility index (Phi) is 7.74. The number of hydrogen-bond acceptors (Lipinski definition) is 3. The molecule has 0 amide bonds. The van der Waals surface area contributed by atoms with E-state index in [9.17, 15) is 0 Å². The lowest BCUT2D eigenvalue weighted by molar-refractivity contribution is -0.0367. The highest BCUT2D eigenvalue weighted by Crippen LogP contribution is 2.17. The fourth-order valence-electron chi connectivity index (χ4n) is 3.02. The molecule has 0 saturated carbocycles. The van der Waals surface area contributed by atoms with Crippen LogP contribution in [0.5, 0.6) is 0 Å². The Balaban J connectivity index is 1.64. The molecule has 5 heteroatoms. The zero-order valence-corrected chi connectivity index (χ0v) is 14.1. The van der Waals surface area contributed by atoms with Crippen molar-refractivity contribution in [3.63, 3.8) is 0 Å². The summed E-state index contributed by atoms with van der Waals surface area (Å²) in [5.41, 5.74) is 0. The predicted molar refractivity (Wildman–Crippen MR) is 90.3 cm³/mol. The van der Waals surface area contributed by atoms with E-state index in [2.05, 4.69) is 34.3 Å². The first-order chi connectivity index (χ1) is 10.8. The van der Waals surface area contributed by atoms with Gasteiger partial charge in [0.1, 0.15) is 0 Å². The minimum absolute atomic E-state index is 0.332. The summed E-state index contributed by atoms with van der Waals surface area (Å²) < 4.78 is 11.6. The van der Waals surface area contributed by atoms with E-state index >= 15 is 0 Å². The minimum Gasteiger partial charge on any atom is -0.376 e. The van der Waals surface area contributed by atoms with Gasteiger partial charge in [0.2, 0.25) is 0 Å². The van der Waals surface area contributed by atoms with Gasteiger partial charge in [0.25, 0.3) is 0 Å². The summed E-state index contributed by atoms with van der Waals surface area (Å²) in [5.74, 6) is 1.02. The van der Waals surface area contributed by atoms with E-state index in [1.54, 1.807) is 0 Å². The molecule has 0 spiro atoms. The Labute approximate surface area is 134 Å². The maximum Gasteiger partial charge on any atom is 0.193 e. The number of guanidine groups is 1. The highest BCUT2D eigenvalue weighted by Gasteiger charge is 2.23. The molecular formula is C17H31N3O2. The number of allylic oxidation sites excluding steroid dienone is 1. The Morgan fingerprint density at radius 3 is 2.82 bits per heavy atom. The molecule has 2 aliphatic rings. The van der Waals surface area contributed by atoms with Crippen molar-refractivity contribution in [2.75, 3.05) is 39.9 Å². The van der Waals surface area contributed by atoms with Crippen LogP contribution in [0.2, 0.25) is 0 Å². The van der Waals surface area contributed by atoms with Crippen LogP contribution in [0.25, 0.3) is 0 Å². The molecular weight excluding hydrogens is 278 g/mol. The highest BCUT2D eigenvalue weighted by molar-refractivity contribution is 5.79. The first kappa shape index (κ1) is 17.3. The number of hydrogen-bond donors (Lipinski definition) is 1. The van der Waals surface area contributed by atoms with E-state index in [0.717, 1.165) is 64.5 Å². The molecule has 2 aliphatic heterocycles. The molecule has 1 atom stereocenters. The lowest BCUT2D eigenvalue weighted by Gasteiger charge is -2.34. The van der Waals surface area contributed by atoms with Crippen LogP contribution >= 0.6 is 0 Å². The van der Waals surface area contributed by atoms with E-state index in [1.165, 1.54) is 6.42 Å². The first-order valence-electron chi connectivity index (χ1n) is 8.63. The average Bonchev–Trinajstić information content (AvgIpc) is 3.07. The van der Waals surface area contributed by atoms with Crippen molar-refractivity contribution in [1.82, 2.24) is 10.2 Å². The number of rotatable bonds is 6. The minimum atomic E-state index is 0.332. The van der Waals surface area contributed by atoms with Crippen LogP contribution in [0, 0.1) is 0 Å². The standard InChI is InChI=1S/C17H31N3O2/c1-3-4-5-10-19-17(18-2)20-11-8-15(9-12-20)22-14-16-7-6-13-21-16/h3-4,15-16H,5-14H2,1-2H3,(H,18,19). The molecule has 126 valence electrons. The maximum atomic E-state index is 6.02. The fraction of sp³-hybridized carbons (Fsp3) is 0.824. The molecule has 2 rings (SSSR count). The molecule has 1 N–H and O–H groups in total. The molecule has 0 radical (unpaired) electrons. The Bertz CT molecular complexity index is 357. The van der Waals surface area contributed by atoms with Gasteiger partial charge in [-0.2, -0.15) is 0 Å². The number of aliphatic imine (C=N–C) groups is 1. The van der Waals surface area contributed by atoms with Crippen molar-refractivity contribution in [3.05, 3.63) is 12.2 Å². The van der Waals surface area contributed by atoms with Crippen LogP contribution in [-0.4, -0.2) is 63.0 Å². The molecule has 0 aromatic carbocycles. The van der Waals surface area contributed by atoms with Gasteiger partial charge in [-0.3, -0.25) is 4.99 Å². The molecule has 1 unspecified atom stereocenters. The number of nitrogens with zero attached hydrogens (tertiary/aromatic N) is 2. The van der Waals surface area contributed by atoms with Crippen molar-refractivity contribution < 1.29 is 9.47 Å². The lowest BCUT2D eigenvalue weighted by atomic mass is 10.1. The normalized spacial score (nSPS) is 24.4. The Morgan fingerprint density at radius 1 is 1.36 bits per heavy atom. The van der Waals surface area contributed by atoms with E-state index in [0.29, 0.717) is 12.2 Å². The van der Waals surface area contributed by atoms with Crippen LogP contribution in [0.4, 0.5) is 0 Å². The largest absolute Gasteiger partial charge is 0.376 e. The third-order valence-corrected chi connectivity index (χ3v) is 4.32. The number of ether oxygens (including phenoxy) is 2. The van der Waals surface area contributed by atoms with Crippen LogP contribution in [0.15, 0.2) is 17.1 Å². The monoisotopic (exact) mass is 309 g/mol. The molecule has 0 aliphatic carbocycles. The molecule has 2 heterocycles. The maximum absolute atomic E-state index is 6.02. The molecule has 5 nitrogen and oxygen atoms in total. The molecule has 0 aromatic rings. The lowest BCUT2D eigenvalue weighted by Crippen LogP contribution is -2.47. The second-order valence-electron chi connectivity index (χ2n) is 5.99. The van der Waals surface area contributed by atoms with Gasteiger partial charge in [-0.05, 0) is 39.0 Å². The number of nitrogens with one attached hydrogen (secondary N) is 1. The summed E-state index contributed by atoms with van der Waals surface area (Å²) in [6.07, 6.45) is 10.5. The smallest absolute Gasteiger partial charge is 0.193 e. The number of piperidine rings is 1. The molecule has 0 aromatic heterocycles. The van der Waals surface area contributed by atoms with E-state index in [4.69, 9.17) is 9.47 Å². The van der Waals surface area contributed by atoms with Crippen LogP contribution in [0.3, 0.4) is 0 Å². The molecule has 22 heavy (non-hydrogen) atoms. The third-order valence-electron chi connectivity index (χ3n) is 4.32. The summed E-state index contributed by atoms with van der Waals surface area (Å²) in [6, 6.07) is 0. The molecule has 0 bridgehead atoms. The van der Waals surface area contributed by atoms with E-state index in [-0.39, 0.29) is 0 Å². The topological polar surface area (TPSA) is 46.1 Å². The third kappa shape index (κ3) is 5.61. The van der Waals surface area contributed by atoms with E-state index < -0.39 is 0 Å². The van der Waals surface area contributed by atoms with Crippen LogP contribution < -0.4 is 5.32 Å². The van der Waals surface area contributed by atoms with Crippen LogP contribution in [0.1, 0.15) is 39.0 Å². The second kappa shape index (κ2) is 9.85. The summed E-state index contributed by atoms with van der Waals surface area (Å²) in [7, 11) is 1.86. The van der Waals surface area contributed by atoms with E-state index in [1.807, 2.05) is 7.05 Å². The molecule has 2 fully saturated rings. The van der Waals surface area contributed by atoms with Gasteiger partial charge in [-0.1, -0.05) is 12.2 Å². The van der Waals surface area contributed by atoms with Crippen LogP contribution in [-0.2, 0) is 9.47 Å². The van der Waals surface area contributed by atoms with Crippen molar-refractivity contribution in [1.29, 1.82) is 0 Å². The highest BCUT2D eigenvalue weighted by atomic mass is 16.5. The van der Waals surface area contributed by atoms with Gasteiger partial charge in [0, 0.05) is 33.3 Å². The van der Waals surface area contributed by atoms with Gasteiger partial charge in [-0.25, -0.2) is 0 Å². The summed E-state index contributed by atoms with van der Waals surface area (Å²) in [4.78, 5) is 6.72. The van der Waals surface area contributed by atoms with Crippen molar-refractivity contribution in [3.8, 4) is 0 Å². The van der Waals surface area contributed by atoms with Crippen molar-refractivity contribution in [2.24, 2.45) is 4.99 Å². The van der Waals surface area contributed by atoms with Gasteiger partial charge < -0.3 is 19.7 Å². The zero-order chi connectivity index (χ0) is 15.6. The Hall–Kier alpha value is -1.07. The average molecular weight is 309 g/mol. The quantitative estimate of drug-likeness (QED) is 0.354. The SMILES string of the molecule is CC=CCCNC(=NC)N1CCC(OCC2CCCO2)CC1. The first-order valence-corrected chi connectivity index (χ1v) is 8.63. The predicted octanol–water partition coefficient (Wildman–Crippen LogP) is 2.19. The number of likely N-dealkylation sites (tertiary alicyclic amines) is 1. The fourth-order valence-corrected chi connectivity index (χ4v) is 3.02.